The molecule has 0 aliphatic rings. The summed E-state index contributed by atoms with van der Waals surface area (Å²) in [7, 11) is 0. The Hall–Kier alpha value is -2.19. The van der Waals surface area contributed by atoms with Crippen molar-refractivity contribution in [3.8, 4) is 6.07 Å². The van der Waals surface area contributed by atoms with E-state index in [0.717, 1.165) is 10.0 Å². The molecule has 0 fully saturated rings. The average Bonchev–Trinajstić information content (AvgIpc) is 2.42. The first kappa shape index (κ1) is 13.2. The number of carbonyl (C=O) groups is 1. The Balaban J connectivity index is 2.21. The van der Waals surface area contributed by atoms with Gasteiger partial charge in [0, 0.05) is 10.7 Å². The number of aromatic nitrogens is 1. The molecule has 0 atom stereocenters. The fourth-order valence-electron chi connectivity index (χ4n) is 1.53. The number of halogens is 1. The lowest BCUT2D eigenvalue weighted by molar-refractivity contribution is 0.102. The highest BCUT2D eigenvalue weighted by molar-refractivity contribution is 9.10. The summed E-state index contributed by atoms with van der Waals surface area (Å²) in [4.78, 5) is 16.1. The molecule has 1 aromatic carbocycles. The Labute approximate surface area is 119 Å². The highest BCUT2D eigenvalue weighted by atomic mass is 79.9. The number of nitrogens with zero attached hydrogens (tertiary/aromatic N) is 2. The van der Waals surface area contributed by atoms with E-state index in [9.17, 15) is 4.79 Å². The summed E-state index contributed by atoms with van der Waals surface area (Å²) in [6, 6.07) is 10.7. The van der Waals surface area contributed by atoms with Gasteiger partial charge in [-0.05, 0) is 47.1 Å². The van der Waals surface area contributed by atoms with Crippen molar-refractivity contribution in [2.45, 2.75) is 6.92 Å². The van der Waals surface area contributed by atoms with Crippen LogP contribution in [0.15, 0.2) is 41.0 Å². The molecule has 0 radical (unpaired) electrons. The number of amides is 1. The lowest BCUT2D eigenvalue weighted by Gasteiger charge is -2.07. The maximum atomic E-state index is 12.1. The van der Waals surface area contributed by atoms with Crippen LogP contribution < -0.4 is 5.32 Å². The number of hydrogen-bond acceptors (Lipinski definition) is 3. The number of carbonyl (C=O) groups excluding carboxylic acids is 1. The minimum atomic E-state index is -0.243. The molecule has 0 spiro atoms. The fourth-order valence-corrected chi connectivity index (χ4v) is 1.96. The number of aryl methyl sites for hydroxylation is 1. The standard InChI is InChI=1S/C14H10BrN3O/c1-9-2-4-12(15)11(6-9)14(19)18-13-5-3-10(7-16)8-17-13/h2-6,8H,1H3,(H,17,18,19). The van der Waals surface area contributed by atoms with Gasteiger partial charge in [-0.25, -0.2) is 4.98 Å². The molecule has 94 valence electrons. The van der Waals surface area contributed by atoms with Crippen LogP contribution in [0.4, 0.5) is 5.82 Å². The first-order valence-electron chi connectivity index (χ1n) is 5.54. The largest absolute Gasteiger partial charge is 0.307 e. The van der Waals surface area contributed by atoms with Crippen molar-refractivity contribution in [2.24, 2.45) is 0 Å². The zero-order valence-corrected chi connectivity index (χ0v) is 11.7. The van der Waals surface area contributed by atoms with Gasteiger partial charge in [0.2, 0.25) is 0 Å². The summed E-state index contributed by atoms with van der Waals surface area (Å²) in [5.41, 5.74) is 2.00. The van der Waals surface area contributed by atoms with E-state index in [1.807, 2.05) is 25.1 Å². The molecule has 0 saturated heterocycles. The Morgan fingerprint density at radius 1 is 1.37 bits per heavy atom. The van der Waals surface area contributed by atoms with Crippen LogP contribution in [0.25, 0.3) is 0 Å². The number of rotatable bonds is 2. The molecule has 1 heterocycles. The van der Waals surface area contributed by atoms with Gasteiger partial charge in [0.05, 0.1) is 11.1 Å². The average molecular weight is 316 g/mol. The monoisotopic (exact) mass is 315 g/mol. The van der Waals surface area contributed by atoms with Crippen LogP contribution in [-0.4, -0.2) is 10.9 Å². The van der Waals surface area contributed by atoms with E-state index in [1.165, 1.54) is 6.20 Å². The van der Waals surface area contributed by atoms with Crippen molar-refractivity contribution in [3.05, 3.63) is 57.7 Å². The van der Waals surface area contributed by atoms with Crippen molar-refractivity contribution in [3.63, 3.8) is 0 Å². The number of nitriles is 1. The van der Waals surface area contributed by atoms with Crippen LogP contribution in [-0.2, 0) is 0 Å². The van der Waals surface area contributed by atoms with Gasteiger partial charge in [-0.15, -0.1) is 0 Å². The molecule has 2 aromatic rings. The third-order valence-corrected chi connectivity index (χ3v) is 3.19. The maximum Gasteiger partial charge on any atom is 0.257 e. The third-order valence-electron chi connectivity index (χ3n) is 2.50. The van der Waals surface area contributed by atoms with E-state index in [2.05, 4.69) is 26.2 Å². The van der Waals surface area contributed by atoms with E-state index in [-0.39, 0.29) is 5.91 Å². The van der Waals surface area contributed by atoms with Crippen LogP contribution in [0.3, 0.4) is 0 Å². The molecule has 1 aromatic heterocycles. The second-order valence-electron chi connectivity index (χ2n) is 3.98. The van der Waals surface area contributed by atoms with Crippen molar-refractivity contribution in [1.29, 1.82) is 5.26 Å². The van der Waals surface area contributed by atoms with Crippen molar-refractivity contribution < 1.29 is 4.79 Å². The zero-order chi connectivity index (χ0) is 13.8. The summed E-state index contributed by atoms with van der Waals surface area (Å²) >= 11 is 3.34. The lowest BCUT2D eigenvalue weighted by atomic mass is 10.1. The van der Waals surface area contributed by atoms with E-state index in [0.29, 0.717) is 16.9 Å². The van der Waals surface area contributed by atoms with Gasteiger partial charge < -0.3 is 5.32 Å². The predicted octanol–water partition coefficient (Wildman–Crippen LogP) is 3.28. The van der Waals surface area contributed by atoms with Gasteiger partial charge in [0.25, 0.3) is 5.91 Å². The summed E-state index contributed by atoms with van der Waals surface area (Å²) in [6.45, 7) is 1.92. The molecule has 0 bridgehead atoms. The molecule has 0 unspecified atom stereocenters. The van der Waals surface area contributed by atoms with Gasteiger partial charge >= 0.3 is 0 Å². The predicted molar refractivity (Wildman–Crippen MR) is 75.8 cm³/mol. The molecule has 4 nitrogen and oxygen atoms in total. The number of nitrogens with one attached hydrogen (secondary N) is 1. The summed E-state index contributed by atoms with van der Waals surface area (Å²) in [5.74, 6) is 0.171. The SMILES string of the molecule is Cc1ccc(Br)c(C(=O)Nc2ccc(C#N)cn2)c1. The Morgan fingerprint density at radius 3 is 2.79 bits per heavy atom. The van der Waals surface area contributed by atoms with Crippen molar-refractivity contribution in [2.75, 3.05) is 5.32 Å². The quantitative estimate of drug-likeness (QED) is 0.924. The molecule has 0 aliphatic heterocycles. The van der Waals surface area contributed by atoms with Crippen LogP contribution >= 0.6 is 15.9 Å². The topological polar surface area (TPSA) is 65.8 Å². The van der Waals surface area contributed by atoms with E-state index in [4.69, 9.17) is 5.26 Å². The Kier molecular flexibility index (Phi) is 3.93. The minimum absolute atomic E-state index is 0.243. The number of pyridine rings is 1. The van der Waals surface area contributed by atoms with Crippen molar-refractivity contribution >= 4 is 27.7 Å². The number of anilines is 1. The summed E-state index contributed by atoms with van der Waals surface area (Å²) in [5, 5.41) is 11.4. The zero-order valence-electron chi connectivity index (χ0n) is 10.1. The summed E-state index contributed by atoms with van der Waals surface area (Å²) < 4.78 is 0.726. The summed E-state index contributed by atoms with van der Waals surface area (Å²) in [6.07, 6.45) is 1.42. The molecule has 1 N–H and O–H groups in total. The lowest BCUT2D eigenvalue weighted by Crippen LogP contribution is -2.13. The van der Waals surface area contributed by atoms with Crippen LogP contribution in [0.1, 0.15) is 21.5 Å². The van der Waals surface area contributed by atoms with Crippen molar-refractivity contribution in [1.82, 2.24) is 4.98 Å². The highest BCUT2D eigenvalue weighted by Gasteiger charge is 2.10. The fraction of sp³-hybridized carbons (Fsp3) is 0.0714. The molecule has 0 aliphatic carbocycles. The third kappa shape index (κ3) is 3.18. The molecule has 0 saturated carbocycles. The Morgan fingerprint density at radius 2 is 2.16 bits per heavy atom. The number of benzene rings is 1. The van der Waals surface area contributed by atoms with Gasteiger partial charge in [-0.2, -0.15) is 5.26 Å². The molecule has 5 heteroatoms. The van der Waals surface area contributed by atoms with Crippen LogP contribution in [0.2, 0.25) is 0 Å². The van der Waals surface area contributed by atoms with E-state index >= 15 is 0 Å². The minimum Gasteiger partial charge on any atom is -0.307 e. The van der Waals surface area contributed by atoms with Gasteiger partial charge in [-0.1, -0.05) is 11.6 Å². The number of hydrogen-bond donors (Lipinski definition) is 1. The van der Waals surface area contributed by atoms with Crippen LogP contribution in [0, 0.1) is 18.3 Å². The second kappa shape index (κ2) is 5.63. The van der Waals surface area contributed by atoms with Gasteiger partial charge in [0.1, 0.15) is 11.9 Å². The molecule has 2 rings (SSSR count). The molecular weight excluding hydrogens is 306 g/mol. The van der Waals surface area contributed by atoms with Gasteiger partial charge in [0.15, 0.2) is 0 Å². The normalized spacial score (nSPS) is 9.74. The Bertz CT molecular complexity index is 659. The molecule has 1 amide bonds. The maximum absolute atomic E-state index is 12.1. The van der Waals surface area contributed by atoms with Crippen LogP contribution in [0.5, 0.6) is 0 Å². The molecular formula is C14H10BrN3O. The first-order valence-corrected chi connectivity index (χ1v) is 6.33. The second-order valence-corrected chi connectivity index (χ2v) is 4.84. The van der Waals surface area contributed by atoms with Gasteiger partial charge in [-0.3, -0.25) is 4.79 Å². The van der Waals surface area contributed by atoms with E-state index < -0.39 is 0 Å². The smallest absolute Gasteiger partial charge is 0.257 e. The highest BCUT2D eigenvalue weighted by Crippen LogP contribution is 2.19. The first-order chi connectivity index (χ1) is 9.10. The molecule has 19 heavy (non-hydrogen) atoms. The van der Waals surface area contributed by atoms with E-state index in [1.54, 1.807) is 18.2 Å².